The third kappa shape index (κ3) is 4.94. The molecule has 0 spiro atoms. The van der Waals surface area contributed by atoms with Gasteiger partial charge in [0, 0.05) is 37.9 Å². The molecule has 148 valence electrons. The molecule has 0 radical (unpaired) electrons. The topological polar surface area (TPSA) is 92.0 Å². The quantitative estimate of drug-likeness (QED) is 0.789. The number of halogens is 1. The predicted molar refractivity (Wildman–Crippen MR) is 102 cm³/mol. The summed E-state index contributed by atoms with van der Waals surface area (Å²) >= 11 is 0. The molecule has 8 heteroatoms. The zero-order valence-electron chi connectivity index (χ0n) is 15.8. The highest BCUT2D eigenvalue weighted by molar-refractivity contribution is 5.81. The van der Waals surface area contributed by atoms with E-state index in [1.54, 1.807) is 23.0 Å². The van der Waals surface area contributed by atoms with Crippen LogP contribution < -0.4 is 10.6 Å². The summed E-state index contributed by atoms with van der Waals surface area (Å²) in [6.45, 7) is 4.41. The summed E-state index contributed by atoms with van der Waals surface area (Å²) in [5.74, 6) is -0.770. The van der Waals surface area contributed by atoms with Gasteiger partial charge in [-0.15, -0.1) is 0 Å². The molecule has 3 rings (SSSR count). The van der Waals surface area contributed by atoms with E-state index in [9.17, 15) is 14.4 Å². The van der Waals surface area contributed by atoms with Gasteiger partial charge in [0.1, 0.15) is 18.0 Å². The molecule has 7 nitrogen and oxygen atoms in total. The second-order valence-corrected chi connectivity index (χ2v) is 6.70. The first-order chi connectivity index (χ1) is 13.6. The Morgan fingerprint density at radius 1 is 1.54 bits per heavy atom. The van der Waals surface area contributed by atoms with Crippen LogP contribution in [0.25, 0.3) is 11.1 Å². The average Bonchev–Trinajstić information content (AvgIpc) is 3.02. The number of rotatable bonds is 6. The number of nitriles is 1. The van der Waals surface area contributed by atoms with E-state index in [2.05, 4.69) is 15.7 Å². The number of amides is 1. The third-order valence-corrected chi connectivity index (χ3v) is 4.68. The smallest absolute Gasteiger partial charge is 0.251 e. The molecule has 2 N–H and O–H groups in total. The van der Waals surface area contributed by atoms with Gasteiger partial charge in [0.25, 0.3) is 5.91 Å². The monoisotopic (exact) mass is 385 g/mol. The average molecular weight is 385 g/mol. The van der Waals surface area contributed by atoms with Crippen LogP contribution in [0.5, 0.6) is 0 Å². The highest BCUT2D eigenvalue weighted by Crippen LogP contribution is 2.22. The number of nitrogens with zero attached hydrogens (tertiary/aromatic N) is 3. The van der Waals surface area contributed by atoms with Gasteiger partial charge in [0.2, 0.25) is 0 Å². The molecular formula is C20H24FN5O2. The molecule has 1 saturated heterocycles. The maximum Gasteiger partial charge on any atom is 0.251 e. The molecule has 0 bridgehead atoms. The molecule has 1 aromatic carbocycles. The highest BCUT2D eigenvalue weighted by atomic mass is 19.1. The second kappa shape index (κ2) is 9.44. The van der Waals surface area contributed by atoms with Crippen molar-refractivity contribution in [2.45, 2.75) is 38.5 Å². The maximum absolute atomic E-state index is 14.6. The molecule has 0 aliphatic carbocycles. The number of carbonyl (C=O) groups is 1. The lowest BCUT2D eigenvalue weighted by molar-refractivity contribution is -0.132. The van der Waals surface area contributed by atoms with Crippen molar-refractivity contribution in [2.24, 2.45) is 0 Å². The van der Waals surface area contributed by atoms with E-state index in [-0.39, 0.29) is 12.3 Å². The minimum Gasteiger partial charge on any atom is -0.367 e. The molecule has 1 fully saturated rings. The Balaban J connectivity index is 1.65. The van der Waals surface area contributed by atoms with Gasteiger partial charge in [-0.1, -0.05) is 12.1 Å². The van der Waals surface area contributed by atoms with Gasteiger partial charge in [-0.2, -0.15) is 10.4 Å². The van der Waals surface area contributed by atoms with Crippen molar-refractivity contribution in [2.75, 3.05) is 19.7 Å². The summed E-state index contributed by atoms with van der Waals surface area (Å²) in [6.07, 6.45) is 3.83. The predicted octanol–water partition coefficient (Wildman–Crippen LogP) is 1.64. The van der Waals surface area contributed by atoms with Crippen LogP contribution in [0.4, 0.5) is 4.39 Å². The molecule has 1 aliphatic heterocycles. The summed E-state index contributed by atoms with van der Waals surface area (Å²) in [5.41, 5.74) is 1.92. The molecule has 2 aromatic rings. The van der Waals surface area contributed by atoms with Crippen LogP contribution in [0.15, 0.2) is 30.6 Å². The maximum atomic E-state index is 14.6. The van der Waals surface area contributed by atoms with Gasteiger partial charge >= 0.3 is 0 Å². The van der Waals surface area contributed by atoms with Crippen molar-refractivity contribution in [3.05, 3.63) is 42.0 Å². The van der Waals surface area contributed by atoms with E-state index in [0.717, 1.165) is 30.6 Å². The lowest BCUT2D eigenvalue weighted by Crippen LogP contribution is -2.46. The fourth-order valence-corrected chi connectivity index (χ4v) is 3.07. The molecule has 1 aliphatic rings. The zero-order valence-corrected chi connectivity index (χ0v) is 15.8. The highest BCUT2D eigenvalue weighted by Gasteiger charge is 2.24. The number of nitrogens with one attached hydrogen (secondary N) is 2. The van der Waals surface area contributed by atoms with E-state index < -0.39 is 18.0 Å². The van der Waals surface area contributed by atoms with E-state index >= 15 is 0 Å². The number of carbonyl (C=O) groups excluding carboxylic acids is 1. The first-order valence-electron chi connectivity index (χ1n) is 9.44. The van der Waals surface area contributed by atoms with Gasteiger partial charge in [0.15, 0.2) is 0 Å². The number of hydrogen-bond acceptors (Lipinski definition) is 5. The zero-order chi connectivity index (χ0) is 19.9. The van der Waals surface area contributed by atoms with Crippen molar-refractivity contribution in [3.8, 4) is 17.2 Å². The lowest BCUT2D eigenvalue weighted by Gasteiger charge is -2.18. The van der Waals surface area contributed by atoms with Gasteiger partial charge in [-0.05, 0) is 37.1 Å². The molecule has 2 heterocycles. The van der Waals surface area contributed by atoms with Crippen molar-refractivity contribution in [1.29, 1.82) is 5.26 Å². The Hall–Kier alpha value is -2.76. The van der Waals surface area contributed by atoms with Crippen molar-refractivity contribution in [1.82, 2.24) is 20.4 Å². The Morgan fingerprint density at radius 3 is 3.11 bits per heavy atom. The summed E-state index contributed by atoms with van der Waals surface area (Å²) in [4.78, 5) is 12.3. The van der Waals surface area contributed by atoms with Crippen LogP contribution in [-0.2, 0) is 22.5 Å². The minimum atomic E-state index is -0.831. The van der Waals surface area contributed by atoms with E-state index in [1.807, 2.05) is 19.2 Å². The van der Waals surface area contributed by atoms with Crippen molar-refractivity contribution >= 4 is 5.91 Å². The molecule has 1 aromatic heterocycles. The van der Waals surface area contributed by atoms with E-state index in [4.69, 9.17) is 4.74 Å². The van der Waals surface area contributed by atoms with Gasteiger partial charge in [-0.3, -0.25) is 9.48 Å². The lowest BCUT2D eigenvalue weighted by atomic mass is 10.0. The van der Waals surface area contributed by atoms with Gasteiger partial charge in [0.05, 0.1) is 12.3 Å². The van der Waals surface area contributed by atoms with Crippen LogP contribution in [0.3, 0.4) is 0 Å². The van der Waals surface area contributed by atoms with Crippen LogP contribution >= 0.6 is 0 Å². The largest absolute Gasteiger partial charge is 0.367 e. The Bertz CT molecular complexity index is 853. The molecule has 2 atom stereocenters. The SMILES string of the molecule is CCn1cc(-c2ccc(C[C@@H](C#N)NC(=O)[C@@H]3CNCCCO3)c(F)c2)cn1. The number of ether oxygens (including phenoxy) is 1. The van der Waals surface area contributed by atoms with E-state index in [1.165, 1.54) is 6.07 Å². The molecular weight excluding hydrogens is 361 g/mol. The number of aryl methyl sites for hydroxylation is 1. The first kappa shape index (κ1) is 20.0. The van der Waals surface area contributed by atoms with Gasteiger partial charge in [-0.25, -0.2) is 4.39 Å². The number of hydrogen-bond donors (Lipinski definition) is 2. The minimum absolute atomic E-state index is 0.0860. The van der Waals surface area contributed by atoms with Crippen molar-refractivity contribution in [3.63, 3.8) is 0 Å². The molecule has 0 unspecified atom stereocenters. The van der Waals surface area contributed by atoms with Crippen LogP contribution in [0, 0.1) is 17.1 Å². The summed E-state index contributed by atoms with van der Waals surface area (Å²) in [7, 11) is 0. The van der Waals surface area contributed by atoms with Gasteiger partial charge < -0.3 is 15.4 Å². The summed E-state index contributed by atoms with van der Waals surface area (Å²) in [5, 5.41) is 19.4. The van der Waals surface area contributed by atoms with E-state index in [0.29, 0.717) is 18.7 Å². The fourth-order valence-electron chi connectivity index (χ4n) is 3.07. The fraction of sp³-hybridized carbons (Fsp3) is 0.450. The number of benzene rings is 1. The Kier molecular flexibility index (Phi) is 6.74. The molecule has 1 amide bonds. The Morgan fingerprint density at radius 2 is 2.39 bits per heavy atom. The summed E-state index contributed by atoms with van der Waals surface area (Å²) in [6, 6.07) is 6.08. The molecule has 0 saturated carbocycles. The normalized spacial score (nSPS) is 18.1. The standard InChI is InChI=1S/C20H24FN5O2/c1-2-26-13-16(11-24-26)14-4-5-15(18(21)9-14)8-17(10-22)25-20(27)19-12-23-6-3-7-28-19/h4-5,9,11,13,17,19,23H,2-3,6-8,12H2,1H3,(H,25,27)/t17-,19-/m0/s1. The van der Waals surface area contributed by atoms with Crippen molar-refractivity contribution < 1.29 is 13.9 Å². The molecule has 28 heavy (non-hydrogen) atoms. The third-order valence-electron chi connectivity index (χ3n) is 4.68. The summed E-state index contributed by atoms with van der Waals surface area (Å²) < 4.78 is 21.8. The van der Waals surface area contributed by atoms with Crippen LogP contribution in [-0.4, -0.2) is 47.5 Å². The van der Waals surface area contributed by atoms with Crippen LogP contribution in [0.2, 0.25) is 0 Å². The first-order valence-corrected chi connectivity index (χ1v) is 9.44. The second-order valence-electron chi connectivity index (χ2n) is 6.70. The Labute approximate surface area is 163 Å². The number of aromatic nitrogens is 2. The van der Waals surface area contributed by atoms with Crippen LogP contribution in [0.1, 0.15) is 18.9 Å².